The van der Waals surface area contributed by atoms with Crippen LogP contribution in [0.1, 0.15) is 41.0 Å². The minimum Gasteiger partial charge on any atom is -0.357 e. The van der Waals surface area contributed by atoms with E-state index < -0.39 is 0 Å². The molecular weight excluding hydrogens is 475 g/mol. The van der Waals surface area contributed by atoms with Crippen molar-refractivity contribution in [2.24, 2.45) is 4.99 Å². The summed E-state index contributed by atoms with van der Waals surface area (Å²) in [5.41, 5.74) is 0.986. The minimum atomic E-state index is -0.216. The van der Waals surface area contributed by atoms with Crippen LogP contribution in [0.5, 0.6) is 0 Å². The molecule has 2 aliphatic heterocycles. The highest BCUT2D eigenvalue weighted by Crippen LogP contribution is 2.22. The molecule has 0 spiro atoms. The maximum Gasteiger partial charge on any atom is 0.261 e. The summed E-state index contributed by atoms with van der Waals surface area (Å²) in [6.45, 7) is 7.74. The van der Waals surface area contributed by atoms with Crippen LogP contribution in [0, 0.1) is 0 Å². The third-order valence-electron chi connectivity index (χ3n) is 4.69. The molecule has 1 aromatic carbocycles. The van der Waals surface area contributed by atoms with Crippen LogP contribution in [0.3, 0.4) is 0 Å². The number of amides is 2. The maximum absolute atomic E-state index is 12.4. The number of hydrogen-bond acceptors (Lipinski definition) is 4. The van der Waals surface area contributed by atoms with Gasteiger partial charge in [-0.2, -0.15) is 11.8 Å². The Bertz CT molecular complexity index is 678. The van der Waals surface area contributed by atoms with E-state index in [2.05, 4.69) is 29.1 Å². The summed E-state index contributed by atoms with van der Waals surface area (Å²) >= 11 is 2.02. The lowest BCUT2D eigenvalue weighted by Gasteiger charge is -2.34. The third-order valence-corrected chi connectivity index (χ3v) is 6.06. The van der Waals surface area contributed by atoms with Gasteiger partial charge in [-0.15, -0.1) is 24.0 Å². The van der Waals surface area contributed by atoms with Crippen LogP contribution in [0.2, 0.25) is 0 Å². The van der Waals surface area contributed by atoms with Crippen molar-refractivity contribution in [2.45, 2.75) is 25.5 Å². The highest BCUT2D eigenvalue weighted by atomic mass is 127. The van der Waals surface area contributed by atoms with Crippen molar-refractivity contribution in [3.63, 3.8) is 0 Å². The Kier molecular flexibility index (Phi) is 8.40. The molecular formula is C19H27IN4O2S. The second kappa shape index (κ2) is 10.3. The van der Waals surface area contributed by atoms with Crippen molar-refractivity contribution >= 4 is 53.5 Å². The summed E-state index contributed by atoms with van der Waals surface area (Å²) in [5, 5.41) is 3.97. The molecule has 2 heterocycles. The fourth-order valence-corrected chi connectivity index (χ4v) is 4.46. The zero-order chi connectivity index (χ0) is 18.5. The molecule has 1 aromatic rings. The maximum atomic E-state index is 12.4. The molecule has 6 nitrogen and oxygen atoms in total. The summed E-state index contributed by atoms with van der Waals surface area (Å²) in [6.07, 6.45) is 1.15. The van der Waals surface area contributed by atoms with Gasteiger partial charge >= 0.3 is 0 Å². The van der Waals surface area contributed by atoms with E-state index in [1.54, 1.807) is 24.3 Å². The van der Waals surface area contributed by atoms with Gasteiger partial charge in [0.05, 0.1) is 17.7 Å². The molecule has 2 amide bonds. The number of guanidine groups is 1. The topological polar surface area (TPSA) is 65.0 Å². The molecule has 0 bridgehead atoms. The molecule has 3 rings (SSSR count). The predicted molar refractivity (Wildman–Crippen MR) is 121 cm³/mol. The van der Waals surface area contributed by atoms with Crippen molar-refractivity contribution in [3.05, 3.63) is 35.4 Å². The van der Waals surface area contributed by atoms with Gasteiger partial charge in [0.2, 0.25) is 0 Å². The first-order chi connectivity index (χ1) is 12.7. The summed E-state index contributed by atoms with van der Waals surface area (Å²) in [7, 11) is 0. The second-order valence-corrected chi connectivity index (χ2v) is 7.80. The van der Waals surface area contributed by atoms with Gasteiger partial charge in [0.25, 0.3) is 11.8 Å². The average molecular weight is 502 g/mol. The number of aliphatic imine (C=N–C) groups is 1. The van der Waals surface area contributed by atoms with Crippen LogP contribution < -0.4 is 5.32 Å². The van der Waals surface area contributed by atoms with Gasteiger partial charge in [0.1, 0.15) is 0 Å². The highest BCUT2D eigenvalue weighted by Gasteiger charge is 2.34. The fraction of sp³-hybridized carbons (Fsp3) is 0.526. The summed E-state index contributed by atoms with van der Waals surface area (Å²) < 4.78 is 0. The molecule has 1 unspecified atom stereocenters. The number of thioether (sulfide) groups is 1. The number of nitrogens with zero attached hydrogens (tertiary/aromatic N) is 3. The van der Waals surface area contributed by atoms with Gasteiger partial charge in [0.15, 0.2) is 5.96 Å². The number of rotatable bonds is 5. The number of benzene rings is 1. The number of halogens is 1. The number of carbonyl (C=O) groups is 2. The van der Waals surface area contributed by atoms with Gasteiger partial charge in [0, 0.05) is 37.2 Å². The Hall–Kier alpha value is -1.29. The molecule has 27 heavy (non-hydrogen) atoms. The largest absolute Gasteiger partial charge is 0.357 e. The average Bonchev–Trinajstić information content (AvgIpc) is 2.92. The zero-order valence-electron chi connectivity index (χ0n) is 15.8. The Morgan fingerprint density at radius 2 is 1.89 bits per heavy atom. The normalized spacial score (nSPS) is 19.8. The van der Waals surface area contributed by atoms with E-state index in [1.165, 1.54) is 4.90 Å². The monoisotopic (exact) mass is 502 g/mol. The van der Waals surface area contributed by atoms with E-state index in [1.807, 2.05) is 11.8 Å². The van der Waals surface area contributed by atoms with Crippen LogP contribution in [-0.4, -0.2) is 71.3 Å². The quantitative estimate of drug-likeness (QED) is 0.291. The number of fused-ring (bicyclic) bond motifs is 1. The number of imide groups is 1. The fourth-order valence-electron chi connectivity index (χ4n) is 3.28. The molecule has 0 radical (unpaired) electrons. The Morgan fingerprint density at radius 3 is 2.48 bits per heavy atom. The van der Waals surface area contributed by atoms with E-state index in [9.17, 15) is 9.59 Å². The van der Waals surface area contributed by atoms with Gasteiger partial charge < -0.3 is 10.2 Å². The van der Waals surface area contributed by atoms with E-state index in [4.69, 9.17) is 0 Å². The van der Waals surface area contributed by atoms with E-state index in [0.717, 1.165) is 37.8 Å². The zero-order valence-corrected chi connectivity index (χ0v) is 19.0. The Labute approximate surface area is 182 Å². The number of hydrogen-bond donors (Lipinski definition) is 1. The summed E-state index contributed by atoms with van der Waals surface area (Å²) in [6, 6.07) is 6.99. The SMILES string of the molecule is CCNC(=NCCN1C(=O)c2ccccc2C1=O)N1CCSC(CC)C1.I. The lowest BCUT2D eigenvalue weighted by Crippen LogP contribution is -2.48. The van der Waals surface area contributed by atoms with E-state index in [-0.39, 0.29) is 35.8 Å². The Balaban J connectivity index is 0.00000261. The van der Waals surface area contributed by atoms with Crippen LogP contribution in [0.15, 0.2) is 29.3 Å². The molecule has 0 saturated carbocycles. The molecule has 148 valence electrons. The molecule has 2 aliphatic rings. The summed E-state index contributed by atoms with van der Waals surface area (Å²) in [4.78, 5) is 33.1. The molecule has 1 fully saturated rings. The molecule has 1 N–H and O–H groups in total. The highest BCUT2D eigenvalue weighted by molar-refractivity contribution is 14.0. The molecule has 1 atom stereocenters. The lowest BCUT2D eigenvalue weighted by atomic mass is 10.1. The first-order valence-corrected chi connectivity index (χ1v) is 10.3. The summed E-state index contributed by atoms with van der Waals surface area (Å²) in [5.74, 6) is 1.54. The smallest absolute Gasteiger partial charge is 0.261 e. The molecule has 0 aliphatic carbocycles. The molecule has 0 aromatic heterocycles. The van der Waals surface area contributed by atoms with Crippen LogP contribution >= 0.6 is 35.7 Å². The third kappa shape index (κ3) is 4.96. The lowest BCUT2D eigenvalue weighted by molar-refractivity contribution is 0.0659. The van der Waals surface area contributed by atoms with Gasteiger partial charge in [-0.05, 0) is 25.5 Å². The van der Waals surface area contributed by atoms with E-state index in [0.29, 0.717) is 29.5 Å². The van der Waals surface area contributed by atoms with Crippen LogP contribution in [0.25, 0.3) is 0 Å². The standard InChI is InChI=1S/C19H26N4O2S.HI/c1-3-14-13-22(11-12-26-14)19(20-4-2)21-9-10-23-17(24)15-7-5-6-8-16(15)18(23)25;/h5-8,14H,3-4,9-13H2,1-2H3,(H,20,21);1H. The van der Waals surface area contributed by atoms with Crippen LogP contribution in [0.4, 0.5) is 0 Å². The van der Waals surface area contributed by atoms with Crippen molar-refractivity contribution in [2.75, 3.05) is 38.5 Å². The van der Waals surface area contributed by atoms with Gasteiger partial charge in [-0.3, -0.25) is 19.5 Å². The minimum absolute atomic E-state index is 0. The predicted octanol–water partition coefficient (Wildman–Crippen LogP) is 2.69. The molecule has 1 saturated heterocycles. The van der Waals surface area contributed by atoms with Crippen LogP contribution in [-0.2, 0) is 0 Å². The first kappa shape index (κ1) is 22.0. The van der Waals surface area contributed by atoms with Gasteiger partial charge in [-0.1, -0.05) is 19.1 Å². The Morgan fingerprint density at radius 1 is 1.22 bits per heavy atom. The number of carbonyl (C=O) groups excluding carboxylic acids is 2. The number of nitrogens with one attached hydrogen (secondary N) is 1. The van der Waals surface area contributed by atoms with Crippen molar-refractivity contribution < 1.29 is 9.59 Å². The molecule has 8 heteroatoms. The van der Waals surface area contributed by atoms with Crippen molar-refractivity contribution in [1.29, 1.82) is 0 Å². The first-order valence-electron chi connectivity index (χ1n) is 9.25. The van der Waals surface area contributed by atoms with Crippen molar-refractivity contribution in [3.8, 4) is 0 Å². The second-order valence-electron chi connectivity index (χ2n) is 6.39. The van der Waals surface area contributed by atoms with Crippen molar-refractivity contribution in [1.82, 2.24) is 15.1 Å². The van der Waals surface area contributed by atoms with Gasteiger partial charge in [-0.25, -0.2) is 0 Å². The van der Waals surface area contributed by atoms with E-state index >= 15 is 0 Å².